The molecule has 0 aliphatic carbocycles. The maximum atomic E-state index is 5.49. The van der Waals surface area contributed by atoms with E-state index in [4.69, 9.17) is 10.3 Å². The molecule has 1 aliphatic rings. The van der Waals surface area contributed by atoms with E-state index in [9.17, 15) is 0 Å². The molecule has 15 heavy (non-hydrogen) atoms. The molecule has 2 heterocycles. The van der Waals surface area contributed by atoms with Gasteiger partial charge in [-0.2, -0.15) is 0 Å². The largest absolute Gasteiger partial charge is 0.360 e. The lowest BCUT2D eigenvalue weighted by Crippen LogP contribution is -2.37. The second kappa shape index (κ2) is 3.94. The highest BCUT2D eigenvalue weighted by molar-refractivity contribution is 5.06. The van der Waals surface area contributed by atoms with Gasteiger partial charge in [-0.25, -0.2) is 0 Å². The Labute approximate surface area is 90.4 Å². The summed E-state index contributed by atoms with van der Waals surface area (Å²) >= 11 is 0. The van der Waals surface area contributed by atoms with Crippen LogP contribution in [0.5, 0.6) is 0 Å². The Bertz CT molecular complexity index is 332. The van der Waals surface area contributed by atoms with E-state index in [2.05, 4.69) is 23.9 Å². The Morgan fingerprint density at radius 1 is 1.60 bits per heavy atom. The fourth-order valence-corrected chi connectivity index (χ4v) is 2.17. The third-order valence-corrected chi connectivity index (χ3v) is 3.24. The Morgan fingerprint density at radius 3 is 2.93 bits per heavy atom. The maximum Gasteiger partial charge on any atom is 0.151 e. The van der Waals surface area contributed by atoms with E-state index in [1.165, 1.54) is 12.8 Å². The Balaban J connectivity index is 2.02. The van der Waals surface area contributed by atoms with Crippen molar-refractivity contribution < 1.29 is 4.52 Å². The average molecular weight is 209 g/mol. The van der Waals surface area contributed by atoms with Crippen molar-refractivity contribution in [1.82, 2.24) is 10.1 Å². The molecule has 1 saturated heterocycles. The molecule has 4 heteroatoms. The molecule has 0 atom stereocenters. The van der Waals surface area contributed by atoms with Crippen molar-refractivity contribution in [2.24, 2.45) is 5.73 Å². The molecular weight excluding hydrogens is 190 g/mol. The summed E-state index contributed by atoms with van der Waals surface area (Å²) < 4.78 is 5.24. The highest BCUT2D eigenvalue weighted by atomic mass is 16.5. The van der Waals surface area contributed by atoms with Crippen LogP contribution in [0, 0.1) is 0 Å². The van der Waals surface area contributed by atoms with Gasteiger partial charge in [0.2, 0.25) is 0 Å². The van der Waals surface area contributed by atoms with Gasteiger partial charge in [0.15, 0.2) is 5.76 Å². The fraction of sp³-hybridized carbons (Fsp3) is 0.727. The summed E-state index contributed by atoms with van der Waals surface area (Å²) in [5.74, 6) is 0.922. The number of nitrogens with two attached hydrogens (primary N) is 1. The molecule has 84 valence electrons. The predicted molar refractivity (Wildman–Crippen MR) is 58.1 cm³/mol. The second-order valence-electron chi connectivity index (χ2n) is 4.83. The maximum absolute atomic E-state index is 5.49. The minimum absolute atomic E-state index is 0.287. The topological polar surface area (TPSA) is 55.3 Å². The molecule has 0 bridgehead atoms. The minimum Gasteiger partial charge on any atom is -0.360 e. The molecule has 0 saturated carbocycles. The van der Waals surface area contributed by atoms with Gasteiger partial charge < -0.3 is 10.3 Å². The molecule has 2 rings (SSSR count). The van der Waals surface area contributed by atoms with E-state index in [-0.39, 0.29) is 5.54 Å². The van der Waals surface area contributed by atoms with Crippen molar-refractivity contribution >= 4 is 0 Å². The van der Waals surface area contributed by atoms with Gasteiger partial charge in [-0.3, -0.25) is 4.90 Å². The van der Waals surface area contributed by atoms with Crippen molar-refractivity contribution in [3.63, 3.8) is 0 Å². The molecule has 1 aromatic heterocycles. The lowest BCUT2D eigenvalue weighted by Gasteiger charge is -2.30. The highest BCUT2D eigenvalue weighted by Gasteiger charge is 2.32. The quantitative estimate of drug-likeness (QED) is 0.819. The van der Waals surface area contributed by atoms with Crippen LogP contribution in [0.15, 0.2) is 10.6 Å². The lowest BCUT2D eigenvalue weighted by molar-refractivity contribution is 0.149. The standard InChI is InChI=1S/C11H19N3O/c1-11(2)4-3-5-14(11)8-10-6-9(7-12)13-15-10/h6H,3-5,7-8,12H2,1-2H3. The zero-order valence-corrected chi connectivity index (χ0v) is 9.49. The smallest absolute Gasteiger partial charge is 0.151 e. The zero-order chi connectivity index (χ0) is 10.9. The van der Waals surface area contributed by atoms with Gasteiger partial charge in [0, 0.05) is 18.2 Å². The molecule has 1 aromatic rings. The molecule has 1 aliphatic heterocycles. The molecule has 0 spiro atoms. The molecule has 4 nitrogen and oxygen atoms in total. The van der Waals surface area contributed by atoms with Gasteiger partial charge in [0.05, 0.1) is 12.2 Å². The first-order valence-electron chi connectivity index (χ1n) is 5.51. The molecule has 0 radical (unpaired) electrons. The third kappa shape index (κ3) is 2.21. The van der Waals surface area contributed by atoms with Crippen molar-refractivity contribution in [2.45, 2.75) is 45.3 Å². The van der Waals surface area contributed by atoms with Crippen LogP contribution in [0.2, 0.25) is 0 Å². The van der Waals surface area contributed by atoms with Gasteiger partial charge in [-0.05, 0) is 33.2 Å². The van der Waals surface area contributed by atoms with Crippen molar-refractivity contribution in [3.8, 4) is 0 Å². The lowest BCUT2D eigenvalue weighted by atomic mass is 10.0. The SMILES string of the molecule is CC1(C)CCCN1Cc1cc(CN)no1. The van der Waals surface area contributed by atoms with Crippen molar-refractivity contribution in [2.75, 3.05) is 6.54 Å². The summed E-state index contributed by atoms with van der Waals surface area (Å²) in [5, 5.41) is 3.90. The van der Waals surface area contributed by atoms with Gasteiger partial charge >= 0.3 is 0 Å². The number of nitrogens with zero attached hydrogens (tertiary/aromatic N) is 2. The van der Waals surface area contributed by atoms with Crippen LogP contribution in [0.4, 0.5) is 0 Å². The van der Waals surface area contributed by atoms with Gasteiger partial charge in [0.25, 0.3) is 0 Å². The van der Waals surface area contributed by atoms with E-state index in [1.54, 1.807) is 0 Å². The molecule has 2 N–H and O–H groups in total. The molecule has 0 amide bonds. The second-order valence-corrected chi connectivity index (χ2v) is 4.83. The van der Waals surface area contributed by atoms with Crippen LogP contribution >= 0.6 is 0 Å². The highest BCUT2D eigenvalue weighted by Crippen LogP contribution is 2.29. The Hall–Kier alpha value is -0.870. The first-order chi connectivity index (χ1) is 7.12. The zero-order valence-electron chi connectivity index (χ0n) is 9.49. The summed E-state index contributed by atoms with van der Waals surface area (Å²) in [4.78, 5) is 2.44. The summed E-state index contributed by atoms with van der Waals surface area (Å²) in [6, 6.07) is 1.95. The normalized spacial score (nSPS) is 21.0. The molecule has 0 unspecified atom stereocenters. The van der Waals surface area contributed by atoms with E-state index in [0.717, 1.165) is 24.5 Å². The average Bonchev–Trinajstić information content (AvgIpc) is 2.75. The van der Waals surface area contributed by atoms with E-state index in [0.29, 0.717) is 6.54 Å². The van der Waals surface area contributed by atoms with Crippen molar-refractivity contribution in [1.29, 1.82) is 0 Å². The number of hydrogen-bond donors (Lipinski definition) is 1. The van der Waals surface area contributed by atoms with Crippen LogP contribution in [0.25, 0.3) is 0 Å². The Morgan fingerprint density at radius 2 is 2.40 bits per heavy atom. The monoisotopic (exact) mass is 209 g/mol. The minimum atomic E-state index is 0.287. The summed E-state index contributed by atoms with van der Waals surface area (Å²) in [6.07, 6.45) is 2.52. The molecule has 0 aromatic carbocycles. The van der Waals surface area contributed by atoms with Gasteiger partial charge in [0.1, 0.15) is 0 Å². The molecule has 1 fully saturated rings. The van der Waals surface area contributed by atoms with Crippen LogP contribution in [-0.4, -0.2) is 22.1 Å². The predicted octanol–water partition coefficient (Wildman–Crippen LogP) is 1.51. The summed E-state index contributed by atoms with van der Waals surface area (Å²) in [5.41, 5.74) is 6.61. The molecular formula is C11H19N3O. The fourth-order valence-electron chi connectivity index (χ4n) is 2.17. The van der Waals surface area contributed by atoms with Crippen LogP contribution in [-0.2, 0) is 13.1 Å². The summed E-state index contributed by atoms with van der Waals surface area (Å²) in [7, 11) is 0. The van der Waals surface area contributed by atoms with Gasteiger partial charge in [-0.1, -0.05) is 5.16 Å². The van der Waals surface area contributed by atoms with E-state index >= 15 is 0 Å². The van der Waals surface area contributed by atoms with E-state index in [1.807, 2.05) is 6.07 Å². The van der Waals surface area contributed by atoms with Crippen LogP contribution in [0.1, 0.15) is 38.1 Å². The first-order valence-corrected chi connectivity index (χ1v) is 5.51. The van der Waals surface area contributed by atoms with Crippen LogP contribution < -0.4 is 5.73 Å². The number of rotatable bonds is 3. The summed E-state index contributed by atoms with van der Waals surface area (Å²) in [6.45, 7) is 7.00. The van der Waals surface area contributed by atoms with Crippen LogP contribution in [0.3, 0.4) is 0 Å². The number of aromatic nitrogens is 1. The number of likely N-dealkylation sites (tertiary alicyclic amines) is 1. The van der Waals surface area contributed by atoms with Crippen molar-refractivity contribution in [3.05, 3.63) is 17.5 Å². The third-order valence-electron chi connectivity index (χ3n) is 3.24. The first kappa shape index (κ1) is 10.6. The Kier molecular flexibility index (Phi) is 2.80. The van der Waals surface area contributed by atoms with E-state index < -0.39 is 0 Å². The van der Waals surface area contributed by atoms with Gasteiger partial charge in [-0.15, -0.1) is 0 Å². The number of hydrogen-bond acceptors (Lipinski definition) is 4.